The fraction of sp³-hybridized carbons (Fsp3) is 0.429. The smallest absolute Gasteiger partial charge is 0.134 e. The van der Waals surface area contributed by atoms with Crippen molar-refractivity contribution in [2.45, 2.75) is 33.1 Å². The van der Waals surface area contributed by atoms with E-state index in [0.717, 1.165) is 11.3 Å². The maximum absolute atomic E-state index is 5.89. The lowest BCUT2D eigenvalue weighted by molar-refractivity contribution is 0.308. The van der Waals surface area contributed by atoms with Crippen LogP contribution in [0.25, 0.3) is 11.0 Å². The van der Waals surface area contributed by atoms with Crippen molar-refractivity contribution in [1.29, 1.82) is 0 Å². The Morgan fingerprint density at radius 2 is 1.80 bits per heavy atom. The minimum atomic E-state index is 0.0962. The van der Waals surface area contributed by atoms with E-state index in [-0.39, 0.29) is 5.41 Å². The van der Waals surface area contributed by atoms with Gasteiger partial charge in [0.2, 0.25) is 0 Å². The molecule has 1 aromatic carbocycles. The van der Waals surface area contributed by atoms with E-state index in [2.05, 4.69) is 39.8 Å². The van der Waals surface area contributed by atoms with Crippen LogP contribution in [0.1, 0.15) is 33.5 Å². The highest BCUT2D eigenvalue weighted by atomic mass is 16.3. The Morgan fingerprint density at radius 3 is 2.40 bits per heavy atom. The molecule has 0 unspecified atom stereocenters. The van der Waals surface area contributed by atoms with E-state index in [1.165, 1.54) is 5.39 Å². The summed E-state index contributed by atoms with van der Waals surface area (Å²) in [4.78, 5) is 0. The lowest BCUT2D eigenvalue weighted by Crippen LogP contribution is -2.23. The summed E-state index contributed by atoms with van der Waals surface area (Å²) in [5.74, 6) is 1.65. The van der Waals surface area contributed by atoms with Crippen LogP contribution in [0.15, 0.2) is 34.7 Å². The van der Waals surface area contributed by atoms with Crippen molar-refractivity contribution < 1.29 is 4.42 Å². The standard InChI is InChI=1S/C14H18O/c1-10(2)14(3,4)13-9-11-7-5-6-8-12(11)15-13/h5-10H,1-4H3. The van der Waals surface area contributed by atoms with Crippen LogP contribution in [-0.2, 0) is 5.41 Å². The summed E-state index contributed by atoms with van der Waals surface area (Å²) in [6, 6.07) is 10.3. The van der Waals surface area contributed by atoms with E-state index in [1.807, 2.05) is 18.2 Å². The zero-order chi connectivity index (χ0) is 11.1. The van der Waals surface area contributed by atoms with Crippen LogP contribution in [0, 0.1) is 5.92 Å². The predicted octanol–water partition coefficient (Wildman–Crippen LogP) is 4.37. The highest BCUT2D eigenvalue weighted by Gasteiger charge is 2.28. The first-order valence-electron chi connectivity index (χ1n) is 5.51. The molecule has 0 radical (unpaired) electrons. The number of hydrogen-bond acceptors (Lipinski definition) is 1. The van der Waals surface area contributed by atoms with Crippen molar-refractivity contribution in [2.75, 3.05) is 0 Å². The molecule has 0 aliphatic carbocycles. The van der Waals surface area contributed by atoms with Gasteiger partial charge in [-0.1, -0.05) is 45.9 Å². The molecule has 0 saturated carbocycles. The number of benzene rings is 1. The van der Waals surface area contributed by atoms with E-state index in [1.54, 1.807) is 0 Å². The van der Waals surface area contributed by atoms with Gasteiger partial charge in [0, 0.05) is 10.8 Å². The van der Waals surface area contributed by atoms with E-state index in [9.17, 15) is 0 Å². The van der Waals surface area contributed by atoms with Crippen LogP contribution in [-0.4, -0.2) is 0 Å². The molecule has 15 heavy (non-hydrogen) atoms. The van der Waals surface area contributed by atoms with Crippen molar-refractivity contribution in [1.82, 2.24) is 0 Å². The molecule has 1 heterocycles. The maximum Gasteiger partial charge on any atom is 0.134 e. The molecule has 80 valence electrons. The van der Waals surface area contributed by atoms with E-state index in [0.29, 0.717) is 5.92 Å². The van der Waals surface area contributed by atoms with Gasteiger partial charge in [-0.25, -0.2) is 0 Å². The maximum atomic E-state index is 5.89. The normalized spacial score (nSPS) is 12.6. The molecule has 2 rings (SSSR count). The van der Waals surface area contributed by atoms with Crippen LogP contribution >= 0.6 is 0 Å². The predicted molar refractivity (Wildman–Crippen MR) is 64.1 cm³/mol. The summed E-state index contributed by atoms with van der Waals surface area (Å²) >= 11 is 0. The molecule has 1 aromatic heterocycles. The van der Waals surface area contributed by atoms with Gasteiger partial charge in [0.05, 0.1) is 0 Å². The van der Waals surface area contributed by atoms with E-state index >= 15 is 0 Å². The Labute approximate surface area is 91.1 Å². The van der Waals surface area contributed by atoms with Gasteiger partial charge in [-0.05, 0) is 18.1 Å². The molecule has 0 N–H and O–H groups in total. The average molecular weight is 202 g/mol. The van der Waals surface area contributed by atoms with Gasteiger partial charge < -0.3 is 4.42 Å². The lowest BCUT2D eigenvalue weighted by atomic mass is 9.79. The second kappa shape index (κ2) is 3.41. The van der Waals surface area contributed by atoms with E-state index in [4.69, 9.17) is 4.42 Å². The largest absolute Gasteiger partial charge is 0.461 e. The molecular formula is C14H18O. The monoisotopic (exact) mass is 202 g/mol. The molecule has 0 fully saturated rings. The topological polar surface area (TPSA) is 13.1 Å². The third-order valence-electron chi connectivity index (χ3n) is 3.50. The molecule has 0 atom stereocenters. The number of hydrogen-bond donors (Lipinski definition) is 0. The first-order chi connectivity index (χ1) is 7.01. The first-order valence-corrected chi connectivity index (χ1v) is 5.51. The van der Waals surface area contributed by atoms with Crippen LogP contribution in [0.4, 0.5) is 0 Å². The molecule has 1 heteroatoms. The minimum absolute atomic E-state index is 0.0962. The number of para-hydroxylation sites is 1. The summed E-state index contributed by atoms with van der Waals surface area (Å²) in [6.45, 7) is 8.92. The van der Waals surface area contributed by atoms with E-state index < -0.39 is 0 Å². The van der Waals surface area contributed by atoms with Gasteiger partial charge >= 0.3 is 0 Å². The molecule has 2 aromatic rings. The van der Waals surface area contributed by atoms with Gasteiger partial charge in [-0.15, -0.1) is 0 Å². The van der Waals surface area contributed by atoms with Gasteiger partial charge in [-0.3, -0.25) is 0 Å². The Hall–Kier alpha value is -1.24. The zero-order valence-electron chi connectivity index (χ0n) is 9.87. The minimum Gasteiger partial charge on any atom is -0.461 e. The number of furan rings is 1. The summed E-state index contributed by atoms with van der Waals surface area (Å²) in [6.07, 6.45) is 0. The Balaban J connectivity index is 2.53. The lowest BCUT2D eigenvalue weighted by Gasteiger charge is -2.26. The Bertz CT molecular complexity index is 430. The molecule has 0 spiro atoms. The summed E-state index contributed by atoms with van der Waals surface area (Å²) in [7, 11) is 0. The zero-order valence-corrected chi connectivity index (χ0v) is 9.87. The van der Waals surface area contributed by atoms with Crippen LogP contribution in [0.5, 0.6) is 0 Å². The van der Waals surface area contributed by atoms with Gasteiger partial charge in [-0.2, -0.15) is 0 Å². The SMILES string of the molecule is CC(C)C(C)(C)c1cc2ccccc2o1. The van der Waals surface area contributed by atoms with Crippen LogP contribution in [0.3, 0.4) is 0 Å². The summed E-state index contributed by atoms with van der Waals surface area (Å²) < 4.78 is 5.89. The molecule has 0 amide bonds. The van der Waals surface area contributed by atoms with Crippen LogP contribution in [0.2, 0.25) is 0 Å². The van der Waals surface area contributed by atoms with Crippen molar-refractivity contribution in [2.24, 2.45) is 5.92 Å². The van der Waals surface area contributed by atoms with Crippen LogP contribution < -0.4 is 0 Å². The molecular weight excluding hydrogens is 184 g/mol. The molecule has 0 aliphatic heterocycles. The van der Waals surface area contributed by atoms with Gasteiger partial charge in [0.25, 0.3) is 0 Å². The molecule has 0 saturated heterocycles. The Kier molecular flexibility index (Phi) is 2.34. The highest BCUT2D eigenvalue weighted by Crippen LogP contribution is 2.34. The third kappa shape index (κ3) is 1.67. The number of fused-ring (bicyclic) bond motifs is 1. The van der Waals surface area contributed by atoms with Crippen molar-refractivity contribution in [3.05, 3.63) is 36.1 Å². The third-order valence-corrected chi connectivity index (χ3v) is 3.50. The second-order valence-electron chi connectivity index (χ2n) is 5.02. The van der Waals surface area contributed by atoms with Crippen molar-refractivity contribution >= 4 is 11.0 Å². The van der Waals surface area contributed by atoms with Gasteiger partial charge in [0.1, 0.15) is 11.3 Å². The molecule has 0 aliphatic rings. The highest BCUT2D eigenvalue weighted by molar-refractivity contribution is 5.77. The summed E-state index contributed by atoms with van der Waals surface area (Å²) in [5.41, 5.74) is 1.08. The first kappa shape index (κ1) is 10.3. The van der Waals surface area contributed by atoms with Crippen molar-refractivity contribution in [3.63, 3.8) is 0 Å². The fourth-order valence-electron chi connectivity index (χ4n) is 1.58. The quantitative estimate of drug-likeness (QED) is 0.705. The van der Waals surface area contributed by atoms with Crippen molar-refractivity contribution in [3.8, 4) is 0 Å². The average Bonchev–Trinajstić information content (AvgIpc) is 2.61. The van der Waals surface area contributed by atoms with Gasteiger partial charge in [0.15, 0.2) is 0 Å². The fourth-order valence-corrected chi connectivity index (χ4v) is 1.58. The number of rotatable bonds is 2. The second-order valence-corrected chi connectivity index (χ2v) is 5.02. The molecule has 1 nitrogen and oxygen atoms in total. The molecule has 0 bridgehead atoms. The summed E-state index contributed by atoms with van der Waals surface area (Å²) in [5, 5.41) is 1.20. The Morgan fingerprint density at radius 1 is 1.13 bits per heavy atom.